The highest BCUT2D eigenvalue weighted by molar-refractivity contribution is 6.03. The van der Waals surface area contributed by atoms with Crippen LogP contribution in [0.3, 0.4) is 0 Å². The topological polar surface area (TPSA) is 35.0 Å². The Labute approximate surface area is 267 Å². The number of rotatable bonds is 2. The van der Waals surface area contributed by atoms with Crippen LogP contribution in [0.5, 0.6) is 11.5 Å². The van der Waals surface area contributed by atoms with E-state index in [1.807, 2.05) is 12.3 Å². The smallest absolute Gasteiger partial charge is 0.140 e. The van der Waals surface area contributed by atoms with Crippen molar-refractivity contribution < 1.29 is 4.74 Å². The highest BCUT2D eigenvalue weighted by Crippen LogP contribution is 2.63. The zero-order valence-corrected chi connectivity index (χ0v) is 25.1. The first-order valence-electron chi connectivity index (χ1n) is 16.0. The van der Waals surface area contributed by atoms with Gasteiger partial charge in [0.05, 0.1) is 22.1 Å². The molecule has 0 bridgehead atoms. The lowest BCUT2D eigenvalue weighted by molar-refractivity contribution is 0.433. The SMILES string of the molecule is C1=CC2=C(CC1)C1(c3ccccc3Oc3c(-c4ccc(-c5ccc6ccc7cccnc7c6n5)cc4)cccc31)c1ccccc12. The third-order valence-electron chi connectivity index (χ3n) is 10.1. The predicted molar refractivity (Wildman–Crippen MR) is 186 cm³/mol. The van der Waals surface area contributed by atoms with Crippen LogP contribution in [0, 0.1) is 0 Å². The Kier molecular flexibility index (Phi) is 5.32. The summed E-state index contributed by atoms with van der Waals surface area (Å²) in [4.78, 5) is 9.72. The molecule has 0 radical (unpaired) electrons. The summed E-state index contributed by atoms with van der Waals surface area (Å²) < 4.78 is 6.89. The summed E-state index contributed by atoms with van der Waals surface area (Å²) in [6, 6.07) is 45.5. The number of para-hydroxylation sites is 2. The van der Waals surface area contributed by atoms with Gasteiger partial charge >= 0.3 is 0 Å². The van der Waals surface area contributed by atoms with Crippen molar-refractivity contribution in [3.63, 3.8) is 0 Å². The molecule has 1 spiro atoms. The zero-order valence-electron chi connectivity index (χ0n) is 25.1. The Hall–Kier alpha value is -5.80. The number of nitrogens with zero attached hydrogens (tertiary/aromatic N) is 2. The summed E-state index contributed by atoms with van der Waals surface area (Å²) in [6.07, 6.45) is 8.57. The second-order valence-corrected chi connectivity index (χ2v) is 12.4. The summed E-state index contributed by atoms with van der Waals surface area (Å²) in [5, 5.41) is 2.19. The largest absolute Gasteiger partial charge is 0.456 e. The summed E-state index contributed by atoms with van der Waals surface area (Å²) in [5.41, 5.74) is 13.7. The van der Waals surface area contributed by atoms with Crippen LogP contribution >= 0.6 is 0 Å². The monoisotopic (exact) mass is 588 g/mol. The molecule has 0 fully saturated rings. The van der Waals surface area contributed by atoms with Gasteiger partial charge in [-0.05, 0) is 58.9 Å². The van der Waals surface area contributed by atoms with Crippen molar-refractivity contribution in [3.8, 4) is 33.9 Å². The Morgan fingerprint density at radius 1 is 0.587 bits per heavy atom. The van der Waals surface area contributed by atoms with Gasteiger partial charge < -0.3 is 4.74 Å². The van der Waals surface area contributed by atoms with E-state index in [9.17, 15) is 0 Å². The number of aromatic nitrogens is 2. The van der Waals surface area contributed by atoms with E-state index < -0.39 is 0 Å². The van der Waals surface area contributed by atoms with Gasteiger partial charge in [-0.15, -0.1) is 0 Å². The molecule has 1 atom stereocenters. The Morgan fingerprint density at radius 2 is 1.33 bits per heavy atom. The lowest BCUT2D eigenvalue weighted by Gasteiger charge is -2.41. The Morgan fingerprint density at radius 3 is 2.24 bits per heavy atom. The van der Waals surface area contributed by atoms with E-state index >= 15 is 0 Å². The normalized spacial score (nSPS) is 17.5. The van der Waals surface area contributed by atoms with Crippen LogP contribution in [0.1, 0.15) is 35.1 Å². The Balaban J connectivity index is 1.14. The number of hydrogen-bond acceptors (Lipinski definition) is 3. The quantitative estimate of drug-likeness (QED) is 0.189. The van der Waals surface area contributed by atoms with Gasteiger partial charge in [0.2, 0.25) is 0 Å². The predicted octanol–water partition coefficient (Wildman–Crippen LogP) is 10.7. The van der Waals surface area contributed by atoms with Gasteiger partial charge in [-0.25, -0.2) is 4.98 Å². The molecule has 1 unspecified atom stereocenters. The van der Waals surface area contributed by atoms with Crippen LogP contribution in [-0.4, -0.2) is 9.97 Å². The molecule has 0 saturated heterocycles. The molecule has 5 aromatic carbocycles. The minimum atomic E-state index is -0.386. The molecular weight excluding hydrogens is 560 g/mol. The van der Waals surface area contributed by atoms with Gasteiger partial charge in [-0.3, -0.25) is 4.98 Å². The van der Waals surface area contributed by atoms with E-state index in [1.165, 1.54) is 33.4 Å². The van der Waals surface area contributed by atoms with Crippen molar-refractivity contribution in [2.45, 2.75) is 18.3 Å². The van der Waals surface area contributed by atoms with E-state index in [1.54, 1.807) is 0 Å². The lowest BCUT2D eigenvalue weighted by atomic mass is 9.63. The maximum Gasteiger partial charge on any atom is 0.140 e. The minimum Gasteiger partial charge on any atom is -0.456 e. The maximum atomic E-state index is 6.89. The fraction of sp³-hybridized carbons (Fsp3) is 0.0698. The molecule has 0 saturated carbocycles. The molecule has 3 aliphatic rings. The molecule has 0 N–H and O–H groups in total. The van der Waals surface area contributed by atoms with E-state index in [-0.39, 0.29) is 5.41 Å². The second-order valence-electron chi connectivity index (χ2n) is 12.4. The average Bonchev–Trinajstić information content (AvgIpc) is 3.42. The number of hydrogen-bond donors (Lipinski definition) is 0. The molecule has 7 aromatic rings. The minimum absolute atomic E-state index is 0.386. The van der Waals surface area contributed by atoms with Crippen LogP contribution in [0.4, 0.5) is 0 Å². The van der Waals surface area contributed by atoms with Crippen LogP contribution in [-0.2, 0) is 5.41 Å². The summed E-state index contributed by atoms with van der Waals surface area (Å²) in [5.74, 6) is 1.87. The van der Waals surface area contributed by atoms with Gasteiger partial charge in [0.1, 0.15) is 11.5 Å². The lowest BCUT2D eigenvalue weighted by Crippen LogP contribution is -2.33. The average molecular weight is 589 g/mol. The standard InChI is InChI=1S/C43H28N2O/c1-3-13-34-32(10-1)33-11-2-4-14-35(33)43(34)36-15-5-6-17-39(36)46-42-31(12-7-16-37(42)43)27-18-20-28(21-19-27)38-25-24-30-23-22-29-9-8-26-44-40(29)41(30)45-38/h1-3,5-13,15-26H,4,14H2. The highest BCUT2D eigenvalue weighted by atomic mass is 16.5. The molecule has 3 heteroatoms. The van der Waals surface area contributed by atoms with Gasteiger partial charge in [0, 0.05) is 39.2 Å². The summed E-state index contributed by atoms with van der Waals surface area (Å²) in [7, 11) is 0. The molecule has 3 heterocycles. The highest BCUT2D eigenvalue weighted by Gasteiger charge is 2.52. The molecule has 0 amide bonds. The van der Waals surface area contributed by atoms with Gasteiger partial charge in [0.15, 0.2) is 0 Å². The van der Waals surface area contributed by atoms with E-state index in [4.69, 9.17) is 9.72 Å². The number of pyridine rings is 2. The van der Waals surface area contributed by atoms with Crippen molar-refractivity contribution in [2.75, 3.05) is 0 Å². The van der Waals surface area contributed by atoms with E-state index in [0.29, 0.717) is 0 Å². The first kappa shape index (κ1) is 25.5. The molecule has 2 aromatic heterocycles. The van der Waals surface area contributed by atoms with Crippen LogP contribution in [0.15, 0.2) is 151 Å². The fourth-order valence-electron chi connectivity index (χ4n) is 8.12. The fourth-order valence-corrected chi connectivity index (χ4v) is 8.12. The van der Waals surface area contributed by atoms with Gasteiger partial charge in [-0.2, -0.15) is 0 Å². The van der Waals surface area contributed by atoms with E-state index in [0.717, 1.165) is 68.5 Å². The third kappa shape index (κ3) is 3.43. The molecule has 10 rings (SSSR count). The van der Waals surface area contributed by atoms with Gasteiger partial charge in [-0.1, -0.05) is 121 Å². The van der Waals surface area contributed by atoms with Crippen LogP contribution in [0.2, 0.25) is 0 Å². The number of fused-ring (bicyclic) bond motifs is 11. The van der Waals surface area contributed by atoms with Crippen LogP contribution < -0.4 is 4.74 Å². The second kappa shape index (κ2) is 9.60. The summed E-state index contributed by atoms with van der Waals surface area (Å²) >= 11 is 0. The first-order valence-corrected chi connectivity index (χ1v) is 16.0. The maximum absolute atomic E-state index is 6.89. The first-order chi connectivity index (χ1) is 22.8. The Bertz CT molecular complexity index is 2450. The van der Waals surface area contributed by atoms with E-state index in [2.05, 4.69) is 138 Å². The zero-order chi connectivity index (χ0) is 30.2. The van der Waals surface area contributed by atoms with Crippen molar-refractivity contribution in [2.24, 2.45) is 0 Å². The van der Waals surface area contributed by atoms with Crippen molar-refractivity contribution in [1.29, 1.82) is 0 Å². The van der Waals surface area contributed by atoms with Crippen molar-refractivity contribution in [3.05, 3.63) is 174 Å². The molecular formula is C43H28N2O. The number of allylic oxidation sites excluding steroid dienone is 4. The third-order valence-corrected chi connectivity index (χ3v) is 10.1. The number of ether oxygens (including phenoxy) is 1. The molecule has 46 heavy (non-hydrogen) atoms. The van der Waals surface area contributed by atoms with Gasteiger partial charge in [0.25, 0.3) is 0 Å². The van der Waals surface area contributed by atoms with Crippen molar-refractivity contribution in [1.82, 2.24) is 9.97 Å². The number of benzene rings is 5. The van der Waals surface area contributed by atoms with Crippen molar-refractivity contribution >= 4 is 27.4 Å². The summed E-state index contributed by atoms with van der Waals surface area (Å²) in [6.45, 7) is 0. The molecule has 216 valence electrons. The molecule has 2 aliphatic carbocycles. The molecule has 1 aliphatic heterocycles. The van der Waals surface area contributed by atoms with Crippen LogP contribution in [0.25, 0.3) is 49.8 Å². The molecule has 3 nitrogen and oxygen atoms in total.